The van der Waals surface area contributed by atoms with Gasteiger partial charge in [-0.1, -0.05) is 18.2 Å². The van der Waals surface area contributed by atoms with Crippen molar-refractivity contribution in [1.29, 1.82) is 5.26 Å². The van der Waals surface area contributed by atoms with Crippen LogP contribution in [0.25, 0.3) is 11.6 Å². The number of hydrogen-bond acceptors (Lipinski definition) is 4. The van der Waals surface area contributed by atoms with Gasteiger partial charge in [0.05, 0.1) is 22.3 Å². The average Bonchev–Trinajstić information content (AvgIpc) is 2.67. The molecule has 1 aliphatic heterocycles. The molecule has 0 bridgehead atoms. The highest BCUT2D eigenvalue weighted by Gasteiger charge is 2.15. The van der Waals surface area contributed by atoms with E-state index in [2.05, 4.69) is 0 Å². The molecule has 0 radical (unpaired) electrons. The van der Waals surface area contributed by atoms with Crippen molar-refractivity contribution in [2.24, 2.45) is 0 Å². The number of nitriles is 1. The van der Waals surface area contributed by atoms with Gasteiger partial charge < -0.3 is 4.90 Å². The number of nitro benzene ring substituents is 1. The van der Waals surface area contributed by atoms with Crippen molar-refractivity contribution in [3.63, 3.8) is 0 Å². The minimum absolute atomic E-state index is 0.0877. The Balaban J connectivity index is 1.90. The molecule has 0 N–H and O–H groups in total. The number of allylic oxidation sites excluding steroid dienone is 1. The van der Waals surface area contributed by atoms with Crippen LogP contribution >= 0.6 is 0 Å². The van der Waals surface area contributed by atoms with Gasteiger partial charge in [0.15, 0.2) is 0 Å². The molecule has 26 heavy (non-hydrogen) atoms. The van der Waals surface area contributed by atoms with Crippen LogP contribution in [0.15, 0.2) is 42.5 Å². The third-order valence-electron chi connectivity index (χ3n) is 4.47. The van der Waals surface area contributed by atoms with Crippen LogP contribution in [0.1, 0.15) is 30.4 Å². The largest absolute Gasteiger partial charge is 0.369 e. The van der Waals surface area contributed by atoms with E-state index in [0.717, 1.165) is 25.9 Å². The second-order valence-electron chi connectivity index (χ2n) is 6.24. The molecular formula is C20H18FN3O2. The molecule has 5 nitrogen and oxygen atoms in total. The highest BCUT2D eigenvalue weighted by atomic mass is 19.1. The molecule has 2 aromatic carbocycles. The van der Waals surface area contributed by atoms with Gasteiger partial charge in [-0.15, -0.1) is 0 Å². The maximum absolute atomic E-state index is 14.5. The second-order valence-corrected chi connectivity index (χ2v) is 6.24. The van der Waals surface area contributed by atoms with Crippen molar-refractivity contribution in [3.05, 3.63) is 69.5 Å². The molecule has 1 saturated heterocycles. The monoisotopic (exact) mass is 351 g/mol. The number of hydrogen-bond donors (Lipinski definition) is 0. The van der Waals surface area contributed by atoms with Gasteiger partial charge in [-0.3, -0.25) is 10.1 Å². The highest BCUT2D eigenvalue weighted by Crippen LogP contribution is 2.27. The second kappa shape index (κ2) is 7.79. The molecule has 1 fully saturated rings. The molecule has 0 unspecified atom stereocenters. The molecule has 0 spiro atoms. The van der Waals surface area contributed by atoms with E-state index in [1.807, 2.05) is 11.0 Å². The predicted molar refractivity (Wildman–Crippen MR) is 99.0 cm³/mol. The fourth-order valence-electron chi connectivity index (χ4n) is 3.14. The quantitative estimate of drug-likeness (QED) is 0.344. The first kappa shape index (κ1) is 17.6. The van der Waals surface area contributed by atoms with Gasteiger partial charge in [-0.25, -0.2) is 4.39 Å². The van der Waals surface area contributed by atoms with Gasteiger partial charge in [0.1, 0.15) is 5.82 Å². The maximum Gasteiger partial charge on any atom is 0.270 e. The van der Waals surface area contributed by atoms with Crippen LogP contribution in [0.3, 0.4) is 0 Å². The van der Waals surface area contributed by atoms with Gasteiger partial charge in [-0.05, 0) is 48.6 Å². The molecule has 0 atom stereocenters. The number of nitrogens with zero attached hydrogens (tertiary/aromatic N) is 3. The first-order valence-electron chi connectivity index (χ1n) is 8.49. The summed E-state index contributed by atoms with van der Waals surface area (Å²) in [6.45, 7) is 1.70. The topological polar surface area (TPSA) is 70.2 Å². The van der Waals surface area contributed by atoms with Gasteiger partial charge in [-0.2, -0.15) is 5.26 Å². The van der Waals surface area contributed by atoms with Crippen molar-refractivity contribution in [2.75, 3.05) is 18.0 Å². The number of benzene rings is 2. The van der Waals surface area contributed by atoms with Gasteiger partial charge in [0, 0.05) is 25.2 Å². The third kappa shape index (κ3) is 3.89. The summed E-state index contributed by atoms with van der Waals surface area (Å²) in [6.07, 6.45) is 4.84. The summed E-state index contributed by atoms with van der Waals surface area (Å²) in [4.78, 5) is 12.4. The standard InChI is InChI=1S/C20H18FN3O2/c21-19-12-15(7-8-20(19)23-9-2-1-3-10-23)11-17(14-22)16-5-4-6-18(13-16)24(25)26/h4-8,11-13H,1-3,9-10H2/b17-11-. The van der Waals surface area contributed by atoms with E-state index in [0.29, 0.717) is 16.8 Å². The predicted octanol–water partition coefficient (Wildman–Crippen LogP) is 4.79. The Labute approximate surface area is 151 Å². The van der Waals surface area contributed by atoms with Crippen LogP contribution in [-0.4, -0.2) is 18.0 Å². The van der Waals surface area contributed by atoms with Gasteiger partial charge in [0.2, 0.25) is 0 Å². The van der Waals surface area contributed by atoms with E-state index < -0.39 is 4.92 Å². The number of rotatable bonds is 4. The summed E-state index contributed by atoms with van der Waals surface area (Å²) >= 11 is 0. The molecule has 132 valence electrons. The number of halogens is 1. The molecule has 0 aromatic heterocycles. The zero-order valence-electron chi connectivity index (χ0n) is 14.2. The van der Waals surface area contributed by atoms with E-state index in [-0.39, 0.29) is 17.1 Å². The van der Waals surface area contributed by atoms with E-state index >= 15 is 0 Å². The van der Waals surface area contributed by atoms with Crippen LogP contribution in [0.5, 0.6) is 0 Å². The average molecular weight is 351 g/mol. The van der Waals surface area contributed by atoms with Crippen LogP contribution in [0.4, 0.5) is 15.8 Å². The molecule has 2 aromatic rings. The molecule has 3 rings (SSSR count). The van der Waals surface area contributed by atoms with Crippen molar-refractivity contribution in [2.45, 2.75) is 19.3 Å². The zero-order valence-corrected chi connectivity index (χ0v) is 14.2. The Morgan fingerprint density at radius 3 is 2.62 bits per heavy atom. The molecule has 0 saturated carbocycles. The minimum Gasteiger partial charge on any atom is -0.369 e. The number of piperidine rings is 1. The van der Waals surface area contributed by atoms with Crippen LogP contribution < -0.4 is 4.90 Å². The van der Waals surface area contributed by atoms with Gasteiger partial charge >= 0.3 is 0 Å². The number of non-ortho nitro benzene ring substituents is 1. The molecule has 0 aliphatic carbocycles. The fourth-order valence-corrected chi connectivity index (χ4v) is 3.14. The number of anilines is 1. The zero-order chi connectivity index (χ0) is 18.5. The SMILES string of the molecule is N#C/C(=C/c1ccc(N2CCCCC2)c(F)c1)c1cccc([N+](=O)[O-])c1. The van der Waals surface area contributed by atoms with E-state index in [9.17, 15) is 19.8 Å². The lowest BCUT2D eigenvalue weighted by Gasteiger charge is -2.29. The Morgan fingerprint density at radius 1 is 1.19 bits per heavy atom. The van der Waals surface area contributed by atoms with E-state index in [4.69, 9.17) is 0 Å². The lowest BCUT2D eigenvalue weighted by Crippen LogP contribution is -2.30. The Hall–Kier alpha value is -3.20. The van der Waals surface area contributed by atoms with Crippen molar-refractivity contribution in [3.8, 4) is 6.07 Å². The summed E-state index contributed by atoms with van der Waals surface area (Å²) in [5.74, 6) is -0.322. The Bertz CT molecular complexity index is 896. The van der Waals surface area contributed by atoms with E-state index in [1.165, 1.54) is 30.7 Å². The lowest BCUT2D eigenvalue weighted by molar-refractivity contribution is -0.384. The smallest absolute Gasteiger partial charge is 0.270 e. The first-order valence-corrected chi connectivity index (χ1v) is 8.49. The summed E-state index contributed by atoms with van der Waals surface area (Å²) in [5, 5.41) is 20.3. The molecule has 1 heterocycles. The summed E-state index contributed by atoms with van der Waals surface area (Å²) in [7, 11) is 0. The van der Waals surface area contributed by atoms with Crippen molar-refractivity contribution in [1.82, 2.24) is 0 Å². The first-order chi connectivity index (χ1) is 12.6. The maximum atomic E-state index is 14.5. The van der Waals surface area contributed by atoms with Crippen LogP contribution in [0, 0.1) is 27.3 Å². The highest BCUT2D eigenvalue weighted by molar-refractivity contribution is 5.90. The van der Waals surface area contributed by atoms with Crippen molar-refractivity contribution >= 4 is 23.0 Å². The Morgan fingerprint density at radius 2 is 1.96 bits per heavy atom. The third-order valence-corrected chi connectivity index (χ3v) is 4.47. The molecule has 0 amide bonds. The summed E-state index contributed by atoms with van der Waals surface area (Å²) in [5.41, 5.74) is 1.72. The Kier molecular flexibility index (Phi) is 5.28. The molecule has 6 heteroatoms. The normalized spacial score (nSPS) is 14.8. The van der Waals surface area contributed by atoms with Crippen LogP contribution in [0.2, 0.25) is 0 Å². The lowest BCUT2D eigenvalue weighted by atomic mass is 10.0. The molecular weight excluding hydrogens is 333 g/mol. The van der Waals surface area contributed by atoms with Crippen LogP contribution in [-0.2, 0) is 0 Å². The fraction of sp³-hybridized carbons (Fsp3) is 0.250. The van der Waals surface area contributed by atoms with Gasteiger partial charge in [0.25, 0.3) is 5.69 Å². The van der Waals surface area contributed by atoms with Crippen molar-refractivity contribution < 1.29 is 9.31 Å². The van der Waals surface area contributed by atoms with E-state index in [1.54, 1.807) is 24.3 Å². The summed E-state index contributed by atoms with van der Waals surface area (Å²) < 4.78 is 14.5. The molecule has 1 aliphatic rings. The summed E-state index contributed by atoms with van der Waals surface area (Å²) in [6, 6.07) is 12.8. The number of nitro groups is 1. The minimum atomic E-state index is -0.508.